The van der Waals surface area contributed by atoms with E-state index in [0.717, 1.165) is 18.4 Å². The molecule has 0 amide bonds. The van der Waals surface area contributed by atoms with Crippen LogP contribution in [0.2, 0.25) is 0 Å². The quantitative estimate of drug-likeness (QED) is 0.762. The fourth-order valence-electron chi connectivity index (χ4n) is 3.08. The van der Waals surface area contributed by atoms with Crippen LogP contribution in [0.25, 0.3) is 0 Å². The summed E-state index contributed by atoms with van der Waals surface area (Å²) in [5, 5.41) is 10.3. The summed E-state index contributed by atoms with van der Waals surface area (Å²) in [5.41, 5.74) is -0.0141. The van der Waals surface area contributed by atoms with Gasteiger partial charge in [0.05, 0.1) is 5.41 Å². The zero-order valence-corrected chi connectivity index (χ0v) is 13.9. The molecule has 2 saturated carbocycles. The van der Waals surface area contributed by atoms with Crippen molar-refractivity contribution in [3.8, 4) is 0 Å². The molecular formula is C17H19F6NO2. The third-order valence-corrected chi connectivity index (χ3v) is 4.99. The number of carboxylic acid groups (broad SMARTS) is 1. The van der Waals surface area contributed by atoms with Crippen molar-refractivity contribution in [2.24, 2.45) is 0 Å². The second-order valence-electron chi connectivity index (χ2n) is 6.66. The van der Waals surface area contributed by atoms with Crippen LogP contribution in [0.15, 0.2) is 24.3 Å². The SMILES string of the molecule is CNC1CC(c2cccc(C3(C(F)(F)F)CC3)c2)C1.O=C(O)C(F)(F)F. The number of hydrogen-bond acceptors (Lipinski definition) is 2. The average molecular weight is 383 g/mol. The Morgan fingerprint density at radius 2 is 1.69 bits per heavy atom. The Balaban J connectivity index is 0.000000298. The highest BCUT2D eigenvalue weighted by Crippen LogP contribution is 2.59. The fourth-order valence-corrected chi connectivity index (χ4v) is 3.08. The van der Waals surface area contributed by atoms with Crippen LogP contribution in [0.4, 0.5) is 26.3 Å². The minimum absolute atomic E-state index is 0.240. The van der Waals surface area contributed by atoms with Gasteiger partial charge in [0.15, 0.2) is 0 Å². The van der Waals surface area contributed by atoms with Crippen LogP contribution in [0.5, 0.6) is 0 Å². The molecule has 0 saturated heterocycles. The first kappa shape index (κ1) is 20.5. The summed E-state index contributed by atoms with van der Waals surface area (Å²) in [4.78, 5) is 8.90. The molecule has 1 aromatic carbocycles. The molecular weight excluding hydrogens is 364 g/mol. The first-order chi connectivity index (χ1) is 11.9. The first-order valence-corrected chi connectivity index (χ1v) is 8.05. The molecule has 2 fully saturated rings. The zero-order chi connectivity index (χ0) is 19.8. The summed E-state index contributed by atoms with van der Waals surface area (Å²) >= 11 is 0. The molecule has 0 atom stereocenters. The molecule has 0 unspecified atom stereocenters. The number of alkyl halides is 6. The van der Waals surface area contributed by atoms with E-state index in [1.54, 1.807) is 18.2 Å². The molecule has 3 nitrogen and oxygen atoms in total. The molecule has 26 heavy (non-hydrogen) atoms. The van der Waals surface area contributed by atoms with Crippen LogP contribution in [-0.4, -0.2) is 36.5 Å². The highest BCUT2D eigenvalue weighted by Gasteiger charge is 2.64. The lowest BCUT2D eigenvalue weighted by atomic mass is 9.75. The van der Waals surface area contributed by atoms with Crippen LogP contribution < -0.4 is 5.32 Å². The summed E-state index contributed by atoms with van der Waals surface area (Å²) in [6.45, 7) is 0. The minimum atomic E-state index is -5.08. The molecule has 3 rings (SSSR count). The molecule has 2 aliphatic carbocycles. The maximum absolute atomic E-state index is 13.1. The summed E-state index contributed by atoms with van der Waals surface area (Å²) in [6.07, 6.45) is -6.66. The maximum Gasteiger partial charge on any atom is 0.490 e. The number of aliphatic carboxylic acids is 1. The van der Waals surface area contributed by atoms with E-state index < -0.39 is 23.7 Å². The van der Waals surface area contributed by atoms with Gasteiger partial charge in [0, 0.05) is 6.04 Å². The van der Waals surface area contributed by atoms with Gasteiger partial charge in [0.25, 0.3) is 0 Å². The molecule has 2 N–H and O–H groups in total. The van der Waals surface area contributed by atoms with E-state index in [1.807, 2.05) is 13.1 Å². The van der Waals surface area contributed by atoms with Crippen molar-refractivity contribution in [3.05, 3.63) is 35.4 Å². The van der Waals surface area contributed by atoms with Gasteiger partial charge in [-0.3, -0.25) is 0 Å². The number of nitrogens with one attached hydrogen (secondary N) is 1. The normalized spacial score (nSPS) is 24.1. The van der Waals surface area contributed by atoms with Gasteiger partial charge in [-0.2, -0.15) is 26.3 Å². The van der Waals surface area contributed by atoms with E-state index in [-0.39, 0.29) is 12.8 Å². The van der Waals surface area contributed by atoms with E-state index in [9.17, 15) is 26.3 Å². The number of hydrogen-bond donors (Lipinski definition) is 2. The highest BCUT2D eigenvalue weighted by molar-refractivity contribution is 5.73. The van der Waals surface area contributed by atoms with Crippen LogP contribution >= 0.6 is 0 Å². The molecule has 2 aliphatic rings. The smallest absolute Gasteiger partial charge is 0.475 e. The molecule has 0 radical (unpaired) electrons. The van der Waals surface area contributed by atoms with E-state index in [2.05, 4.69) is 5.32 Å². The average Bonchev–Trinajstić information content (AvgIpc) is 3.27. The van der Waals surface area contributed by atoms with Gasteiger partial charge in [-0.05, 0) is 49.8 Å². The van der Waals surface area contributed by atoms with Crippen LogP contribution in [-0.2, 0) is 10.2 Å². The monoisotopic (exact) mass is 383 g/mol. The summed E-state index contributed by atoms with van der Waals surface area (Å²) in [5.74, 6) is -2.34. The zero-order valence-electron chi connectivity index (χ0n) is 13.9. The van der Waals surface area contributed by atoms with Crippen molar-refractivity contribution in [3.63, 3.8) is 0 Å². The van der Waals surface area contributed by atoms with Gasteiger partial charge in [-0.25, -0.2) is 4.79 Å². The maximum atomic E-state index is 13.1. The number of rotatable bonds is 3. The van der Waals surface area contributed by atoms with Gasteiger partial charge in [-0.1, -0.05) is 24.3 Å². The second-order valence-corrected chi connectivity index (χ2v) is 6.66. The number of benzene rings is 1. The molecule has 0 aliphatic heterocycles. The second kappa shape index (κ2) is 7.09. The Kier molecular flexibility index (Phi) is 5.60. The van der Waals surface area contributed by atoms with Gasteiger partial charge in [0.2, 0.25) is 0 Å². The third kappa shape index (κ3) is 4.31. The van der Waals surface area contributed by atoms with Gasteiger partial charge >= 0.3 is 18.3 Å². The Hall–Kier alpha value is -1.77. The van der Waals surface area contributed by atoms with Crippen molar-refractivity contribution in [2.75, 3.05) is 7.05 Å². The minimum Gasteiger partial charge on any atom is -0.475 e. The molecule has 1 aromatic rings. The van der Waals surface area contributed by atoms with E-state index >= 15 is 0 Å². The molecule has 146 valence electrons. The van der Waals surface area contributed by atoms with E-state index in [4.69, 9.17) is 9.90 Å². The number of carbonyl (C=O) groups is 1. The molecule has 0 heterocycles. The van der Waals surface area contributed by atoms with Crippen molar-refractivity contribution in [2.45, 2.75) is 55.4 Å². The van der Waals surface area contributed by atoms with Crippen molar-refractivity contribution < 1.29 is 36.2 Å². The number of halogens is 6. The highest BCUT2D eigenvalue weighted by atomic mass is 19.4. The van der Waals surface area contributed by atoms with Crippen molar-refractivity contribution in [1.82, 2.24) is 5.32 Å². The Morgan fingerprint density at radius 1 is 1.15 bits per heavy atom. The standard InChI is InChI=1S/C15H18F3N.C2HF3O2/c1-19-13-8-11(9-13)10-3-2-4-12(7-10)14(5-6-14)15(16,17)18;3-2(4,5)1(6)7/h2-4,7,11,13,19H,5-6,8-9H2,1H3;(H,6,7). The van der Waals surface area contributed by atoms with E-state index in [1.165, 1.54) is 0 Å². The van der Waals surface area contributed by atoms with Gasteiger partial charge < -0.3 is 10.4 Å². The number of carboxylic acids is 1. The molecule has 0 aromatic heterocycles. The van der Waals surface area contributed by atoms with Crippen molar-refractivity contribution >= 4 is 5.97 Å². The Morgan fingerprint density at radius 3 is 2.08 bits per heavy atom. The third-order valence-electron chi connectivity index (χ3n) is 4.99. The molecule has 0 bridgehead atoms. The van der Waals surface area contributed by atoms with Gasteiger partial charge in [0.1, 0.15) is 0 Å². The van der Waals surface area contributed by atoms with Gasteiger partial charge in [-0.15, -0.1) is 0 Å². The van der Waals surface area contributed by atoms with E-state index in [0.29, 0.717) is 17.5 Å². The summed E-state index contributed by atoms with van der Waals surface area (Å²) < 4.78 is 71.1. The topological polar surface area (TPSA) is 49.3 Å². The van der Waals surface area contributed by atoms with Crippen molar-refractivity contribution in [1.29, 1.82) is 0 Å². The predicted molar refractivity (Wildman–Crippen MR) is 81.9 cm³/mol. The summed E-state index contributed by atoms with van der Waals surface area (Å²) in [6, 6.07) is 7.69. The first-order valence-electron chi connectivity index (χ1n) is 8.05. The molecule has 0 spiro atoms. The fraction of sp³-hybridized carbons (Fsp3) is 0.588. The Labute approximate surface area is 146 Å². The predicted octanol–water partition coefficient (Wildman–Crippen LogP) is 4.38. The van der Waals surface area contributed by atoms with Crippen LogP contribution in [0.1, 0.15) is 42.7 Å². The van der Waals surface area contributed by atoms with Crippen LogP contribution in [0.3, 0.4) is 0 Å². The largest absolute Gasteiger partial charge is 0.490 e. The lowest BCUT2D eigenvalue weighted by Gasteiger charge is -2.36. The lowest BCUT2D eigenvalue weighted by molar-refractivity contribution is -0.192. The van der Waals surface area contributed by atoms with Crippen LogP contribution in [0, 0.1) is 0 Å². The summed E-state index contributed by atoms with van der Waals surface area (Å²) in [7, 11) is 1.93. The Bertz CT molecular complexity index is 645. The lowest BCUT2D eigenvalue weighted by Crippen LogP contribution is -2.37. The molecule has 9 heteroatoms.